The van der Waals surface area contributed by atoms with E-state index in [9.17, 15) is 9.18 Å². The number of halogens is 1. The predicted molar refractivity (Wildman–Crippen MR) is 62.6 cm³/mol. The molecule has 1 aromatic carbocycles. The summed E-state index contributed by atoms with van der Waals surface area (Å²) >= 11 is 0. The van der Waals surface area contributed by atoms with Crippen LogP contribution >= 0.6 is 0 Å². The van der Waals surface area contributed by atoms with E-state index in [-0.39, 0.29) is 17.4 Å². The molecule has 0 aromatic heterocycles. The van der Waals surface area contributed by atoms with Gasteiger partial charge in [0.1, 0.15) is 5.82 Å². The van der Waals surface area contributed by atoms with Crippen molar-refractivity contribution in [1.82, 2.24) is 10.4 Å². The van der Waals surface area contributed by atoms with Crippen molar-refractivity contribution in [1.29, 1.82) is 0 Å². The standard InChI is InChI=1S/C13H15FN2O2/c1-7-2-11-12-9(6-16(11)5-7)3-8(4-10(12)14)13(17)15-18/h3-4,7,11,18H,2,5-6H2,1H3,(H,15,17)/t7-,11-/m1/s1. The van der Waals surface area contributed by atoms with Gasteiger partial charge in [0.05, 0.1) is 0 Å². The molecule has 0 radical (unpaired) electrons. The predicted octanol–water partition coefficient (Wildman–Crippen LogP) is 1.84. The molecule has 0 unspecified atom stereocenters. The van der Waals surface area contributed by atoms with Gasteiger partial charge in [0, 0.05) is 30.3 Å². The second kappa shape index (κ2) is 4.03. The summed E-state index contributed by atoms with van der Waals surface area (Å²) in [5, 5.41) is 8.59. The molecule has 0 spiro atoms. The number of nitrogens with one attached hydrogen (secondary N) is 1. The zero-order valence-electron chi connectivity index (χ0n) is 10.1. The molecule has 3 rings (SSSR count). The van der Waals surface area contributed by atoms with Crippen molar-refractivity contribution in [3.63, 3.8) is 0 Å². The highest BCUT2D eigenvalue weighted by Crippen LogP contribution is 2.44. The number of hydroxylamine groups is 1. The summed E-state index contributed by atoms with van der Waals surface area (Å²) in [6.07, 6.45) is 0.968. The first kappa shape index (κ1) is 11.6. The quantitative estimate of drug-likeness (QED) is 0.590. The van der Waals surface area contributed by atoms with Gasteiger partial charge in [-0.05, 0) is 30.0 Å². The first-order valence-electron chi connectivity index (χ1n) is 6.11. The Balaban J connectivity index is 2.02. The fourth-order valence-corrected chi connectivity index (χ4v) is 3.20. The van der Waals surface area contributed by atoms with Gasteiger partial charge < -0.3 is 0 Å². The molecule has 1 fully saturated rings. The van der Waals surface area contributed by atoms with E-state index in [1.54, 1.807) is 6.07 Å². The Morgan fingerprint density at radius 1 is 1.56 bits per heavy atom. The normalized spacial score (nSPS) is 25.9. The topological polar surface area (TPSA) is 52.6 Å². The monoisotopic (exact) mass is 250 g/mol. The van der Waals surface area contributed by atoms with Crippen LogP contribution in [0.25, 0.3) is 0 Å². The van der Waals surface area contributed by atoms with Crippen LogP contribution in [0.5, 0.6) is 0 Å². The van der Waals surface area contributed by atoms with Crippen LogP contribution in [0.3, 0.4) is 0 Å². The van der Waals surface area contributed by atoms with Crippen LogP contribution in [-0.4, -0.2) is 22.6 Å². The third kappa shape index (κ3) is 1.62. The Morgan fingerprint density at radius 3 is 3.06 bits per heavy atom. The zero-order valence-corrected chi connectivity index (χ0v) is 10.1. The lowest BCUT2D eigenvalue weighted by Gasteiger charge is -2.14. The van der Waals surface area contributed by atoms with Gasteiger partial charge in [-0.25, -0.2) is 9.87 Å². The van der Waals surface area contributed by atoms with E-state index < -0.39 is 5.91 Å². The van der Waals surface area contributed by atoms with E-state index in [0.717, 1.165) is 24.1 Å². The second-order valence-electron chi connectivity index (χ2n) is 5.26. The SMILES string of the molecule is C[C@@H]1C[C@@H]2c3c(F)cc(C(=O)NO)cc3CN2C1. The molecule has 1 amide bonds. The van der Waals surface area contributed by atoms with Crippen molar-refractivity contribution in [3.05, 3.63) is 34.6 Å². The molecule has 2 aliphatic heterocycles. The Hall–Kier alpha value is -1.46. The summed E-state index contributed by atoms with van der Waals surface area (Å²) in [5.41, 5.74) is 3.30. The van der Waals surface area contributed by atoms with E-state index in [1.165, 1.54) is 11.5 Å². The van der Waals surface area contributed by atoms with Crippen LogP contribution in [-0.2, 0) is 6.54 Å². The zero-order chi connectivity index (χ0) is 12.9. The highest BCUT2D eigenvalue weighted by molar-refractivity contribution is 5.93. The smallest absolute Gasteiger partial charge is 0.274 e. The first-order valence-corrected chi connectivity index (χ1v) is 6.11. The van der Waals surface area contributed by atoms with Gasteiger partial charge in [-0.2, -0.15) is 0 Å². The van der Waals surface area contributed by atoms with Crippen LogP contribution in [0.4, 0.5) is 4.39 Å². The number of nitrogens with zero attached hydrogens (tertiary/aromatic N) is 1. The number of benzene rings is 1. The molecular weight excluding hydrogens is 235 g/mol. The minimum atomic E-state index is -0.669. The van der Waals surface area contributed by atoms with Crippen molar-refractivity contribution in [3.8, 4) is 0 Å². The van der Waals surface area contributed by atoms with Crippen LogP contribution in [0.1, 0.15) is 40.9 Å². The van der Waals surface area contributed by atoms with E-state index in [2.05, 4.69) is 11.8 Å². The van der Waals surface area contributed by atoms with Gasteiger partial charge in [-0.15, -0.1) is 0 Å². The summed E-state index contributed by atoms with van der Waals surface area (Å²) in [6.45, 7) is 3.83. The molecule has 0 aliphatic carbocycles. The van der Waals surface area contributed by atoms with Gasteiger partial charge in [0.25, 0.3) is 5.91 Å². The fraction of sp³-hybridized carbons (Fsp3) is 0.462. The molecular formula is C13H15FN2O2. The molecule has 2 atom stereocenters. The Bertz CT molecular complexity index is 518. The van der Waals surface area contributed by atoms with Crippen molar-refractivity contribution in [2.45, 2.75) is 25.9 Å². The molecule has 96 valence electrons. The van der Waals surface area contributed by atoms with Crippen LogP contribution in [0.15, 0.2) is 12.1 Å². The van der Waals surface area contributed by atoms with Crippen molar-refractivity contribution >= 4 is 5.91 Å². The average molecular weight is 250 g/mol. The van der Waals surface area contributed by atoms with Crippen molar-refractivity contribution < 1.29 is 14.4 Å². The average Bonchev–Trinajstić information content (AvgIpc) is 2.82. The summed E-state index contributed by atoms with van der Waals surface area (Å²) < 4.78 is 14.1. The summed E-state index contributed by atoms with van der Waals surface area (Å²) in [6, 6.07) is 3.03. The number of hydrogen-bond donors (Lipinski definition) is 2. The number of carbonyl (C=O) groups is 1. The summed E-state index contributed by atoms with van der Waals surface area (Å²) in [7, 11) is 0. The highest BCUT2D eigenvalue weighted by atomic mass is 19.1. The Labute approximate surface area is 104 Å². The van der Waals surface area contributed by atoms with Crippen LogP contribution < -0.4 is 5.48 Å². The molecule has 1 aromatic rings. The summed E-state index contributed by atoms with van der Waals surface area (Å²) in [4.78, 5) is 13.6. The third-order valence-electron chi connectivity index (χ3n) is 3.90. The maximum atomic E-state index is 14.1. The highest BCUT2D eigenvalue weighted by Gasteiger charge is 2.39. The van der Waals surface area contributed by atoms with Gasteiger partial charge in [-0.1, -0.05) is 6.92 Å². The van der Waals surface area contributed by atoms with Crippen LogP contribution in [0, 0.1) is 11.7 Å². The van der Waals surface area contributed by atoms with Crippen LogP contribution in [0.2, 0.25) is 0 Å². The lowest BCUT2D eigenvalue weighted by Crippen LogP contribution is -2.19. The molecule has 1 saturated heterocycles. The van der Waals surface area contributed by atoms with Gasteiger partial charge in [0.15, 0.2) is 0 Å². The lowest BCUT2D eigenvalue weighted by atomic mass is 9.96. The first-order chi connectivity index (χ1) is 8.60. The molecule has 18 heavy (non-hydrogen) atoms. The number of hydrogen-bond acceptors (Lipinski definition) is 3. The maximum absolute atomic E-state index is 14.1. The molecule has 2 aliphatic rings. The molecule has 2 N–H and O–H groups in total. The van der Waals surface area contributed by atoms with Gasteiger partial charge >= 0.3 is 0 Å². The number of amides is 1. The Kier molecular flexibility index (Phi) is 2.60. The van der Waals surface area contributed by atoms with Crippen molar-refractivity contribution in [2.24, 2.45) is 5.92 Å². The third-order valence-corrected chi connectivity index (χ3v) is 3.90. The maximum Gasteiger partial charge on any atom is 0.274 e. The van der Waals surface area contributed by atoms with Gasteiger partial charge in [-0.3, -0.25) is 14.9 Å². The molecule has 0 bridgehead atoms. The van der Waals surface area contributed by atoms with Gasteiger partial charge in [0.2, 0.25) is 0 Å². The largest absolute Gasteiger partial charge is 0.292 e. The number of rotatable bonds is 1. The Morgan fingerprint density at radius 2 is 2.33 bits per heavy atom. The van der Waals surface area contributed by atoms with Crippen molar-refractivity contribution in [2.75, 3.05) is 6.54 Å². The number of carbonyl (C=O) groups excluding carboxylic acids is 1. The lowest BCUT2D eigenvalue weighted by molar-refractivity contribution is 0.0706. The van der Waals surface area contributed by atoms with E-state index >= 15 is 0 Å². The van der Waals surface area contributed by atoms with E-state index in [4.69, 9.17) is 5.21 Å². The number of fused-ring (bicyclic) bond motifs is 3. The molecule has 4 nitrogen and oxygen atoms in total. The second-order valence-corrected chi connectivity index (χ2v) is 5.26. The van der Waals surface area contributed by atoms with E-state index in [1.807, 2.05) is 0 Å². The summed E-state index contributed by atoms with van der Waals surface area (Å²) in [5.74, 6) is -0.423. The van der Waals surface area contributed by atoms with E-state index in [0.29, 0.717) is 12.5 Å². The molecule has 0 saturated carbocycles. The molecule has 2 heterocycles. The minimum Gasteiger partial charge on any atom is -0.292 e. The molecule has 5 heteroatoms. The minimum absolute atomic E-state index is 0.154. The fourth-order valence-electron chi connectivity index (χ4n) is 3.20.